The molecule has 2 unspecified atom stereocenters. The van der Waals surface area contributed by atoms with Crippen LogP contribution in [0.4, 0.5) is 13.6 Å². The normalized spacial score (nSPS) is 23.3. The van der Waals surface area contributed by atoms with Crippen LogP contribution in [-0.2, 0) is 6.54 Å². The van der Waals surface area contributed by atoms with Gasteiger partial charge in [0.05, 0.1) is 17.8 Å². The molecule has 3 fully saturated rings. The lowest BCUT2D eigenvalue weighted by Gasteiger charge is -2.51. The van der Waals surface area contributed by atoms with Gasteiger partial charge >= 0.3 is 6.03 Å². The molecule has 10 heteroatoms. The van der Waals surface area contributed by atoms with E-state index in [9.17, 15) is 18.4 Å². The van der Waals surface area contributed by atoms with Crippen molar-refractivity contribution in [2.45, 2.75) is 62.7 Å². The van der Waals surface area contributed by atoms with Crippen molar-refractivity contribution in [3.05, 3.63) is 75.8 Å². The molecule has 1 saturated carbocycles. The average molecular weight is 551 g/mol. The van der Waals surface area contributed by atoms with E-state index in [1.807, 2.05) is 11.9 Å². The summed E-state index contributed by atoms with van der Waals surface area (Å²) in [5, 5.41) is 3.88. The van der Waals surface area contributed by atoms with Gasteiger partial charge in [-0.2, -0.15) is 0 Å². The third-order valence-corrected chi connectivity index (χ3v) is 9.29. The predicted octanol–water partition coefficient (Wildman–Crippen LogP) is 4.18. The quantitative estimate of drug-likeness (QED) is 0.509. The number of benzene rings is 1. The maximum Gasteiger partial charge on any atom is 0.320 e. The zero-order chi connectivity index (χ0) is 27.9. The molecular formula is C30H36F2N6O2. The number of aromatic amines is 1. The lowest BCUT2D eigenvalue weighted by atomic mass is 9.90. The van der Waals surface area contributed by atoms with Gasteiger partial charge in [0, 0.05) is 73.2 Å². The minimum absolute atomic E-state index is 0.00942. The van der Waals surface area contributed by atoms with Crippen molar-refractivity contribution in [1.29, 1.82) is 0 Å². The molecule has 1 aliphatic carbocycles. The summed E-state index contributed by atoms with van der Waals surface area (Å²) in [7, 11) is 1.86. The van der Waals surface area contributed by atoms with Crippen molar-refractivity contribution >= 4 is 16.9 Å². The van der Waals surface area contributed by atoms with Gasteiger partial charge in [0.25, 0.3) is 0 Å². The molecule has 2 saturated heterocycles. The monoisotopic (exact) mass is 550 g/mol. The van der Waals surface area contributed by atoms with Crippen molar-refractivity contribution in [2.75, 3.05) is 33.2 Å². The summed E-state index contributed by atoms with van der Waals surface area (Å²) in [5.41, 5.74) is 1.45. The first-order valence-corrected chi connectivity index (χ1v) is 14.3. The van der Waals surface area contributed by atoms with Crippen LogP contribution in [0.3, 0.4) is 0 Å². The van der Waals surface area contributed by atoms with Crippen LogP contribution in [0.15, 0.2) is 47.7 Å². The zero-order valence-corrected chi connectivity index (χ0v) is 22.8. The van der Waals surface area contributed by atoms with Crippen LogP contribution in [0, 0.1) is 11.6 Å². The molecule has 8 nitrogen and oxygen atoms in total. The van der Waals surface area contributed by atoms with Gasteiger partial charge in [-0.15, -0.1) is 0 Å². The van der Waals surface area contributed by atoms with Crippen LogP contribution in [0.2, 0.25) is 0 Å². The highest BCUT2D eigenvalue weighted by molar-refractivity contribution is 5.77. The lowest BCUT2D eigenvalue weighted by molar-refractivity contribution is -0.00235. The van der Waals surface area contributed by atoms with Crippen LogP contribution in [0.25, 0.3) is 10.9 Å². The fraction of sp³-hybridized carbons (Fsp3) is 0.500. The van der Waals surface area contributed by atoms with E-state index in [4.69, 9.17) is 0 Å². The number of nitrogens with one attached hydrogen (secondary N) is 2. The van der Waals surface area contributed by atoms with Crippen molar-refractivity contribution in [3.8, 4) is 0 Å². The fourth-order valence-electron chi connectivity index (χ4n) is 7.07. The molecule has 0 bridgehead atoms. The minimum atomic E-state index is -0.544. The van der Waals surface area contributed by atoms with Gasteiger partial charge in [0.1, 0.15) is 11.6 Å². The van der Waals surface area contributed by atoms with Crippen LogP contribution in [0.5, 0.6) is 0 Å². The second-order valence-corrected chi connectivity index (χ2v) is 11.5. The lowest BCUT2D eigenvalue weighted by Crippen LogP contribution is -2.64. The topological polar surface area (TPSA) is 84.6 Å². The Labute approximate surface area is 232 Å². The second-order valence-electron chi connectivity index (χ2n) is 11.5. The Hall–Kier alpha value is -3.37. The molecule has 3 aliphatic rings. The van der Waals surface area contributed by atoms with Crippen molar-refractivity contribution in [2.24, 2.45) is 0 Å². The number of hydrogen-bond acceptors (Lipinski definition) is 5. The van der Waals surface area contributed by atoms with E-state index in [1.54, 1.807) is 29.6 Å². The highest BCUT2D eigenvalue weighted by Gasteiger charge is 2.46. The van der Waals surface area contributed by atoms with E-state index in [2.05, 4.69) is 20.2 Å². The number of halogens is 2. The maximum absolute atomic E-state index is 14.9. The van der Waals surface area contributed by atoms with E-state index in [-0.39, 0.29) is 28.6 Å². The summed E-state index contributed by atoms with van der Waals surface area (Å²) in [5.74, 6) is -0.997. The highest BCUT2D eigenvalue weighted by atomic mass is 19.1. The molecule has 3 aromatic rings. The number of urea groups is 1. The summed E-state index contributed by atoms with van der Waals surface area (Å²) in [6.45, 7) is 2.71. The number of fused-ring (bicyclic) bond motifs is 1. The van der Waals surface area contributed by atoms with Gasteiger partial charge in [-0.1, -0.05) is 12.8 Å². The minimum Gasteiger partial charge on any atom is -0.359 e. The molecular weight excluding hydrogens is 514 g/mol. The van der Waals surface area contributed by atoms with Gasteiger partial charge in [0.15, 0.2) is 5.43 Å². The predicted molar refractivity (Wildman–Crippen MR) is 149 cm³/mol. The summed E-state index contributed by atoms with van der Waals surface area (Å²) in [6.07, 6.45) is 10.4. The number of likely N-dealkylation sites (tertiary alicyclic amines) is 1. The van der Waals surface area contributed by atoms with E-state index >= 15 is 0 Å². The second kappa shape index (κ2) is 10.9. The Morgan fingerprint density at radius 1 is 1.18 bits per heavy atom. The third kappa shape index (κ3) is 4.88. The molecule has 2 aromatic heterocycles. The number of nitrogens with zero attached hydrogens (tertiary/aromatic N) is 4. The zero-order valence-electron chi connectivity index (χ0n) is 22.8. The summed E-state index contributed by atoms with van der Waals surface area (Å²) >= 11 is 0. The molecule has 0 radical (unpaired) electrons. The molecule has 1 spiro atoms. The molecule has 2 atom stereocenters. The summed E-state index contributed by atoms with van der Waals surface area (Å²) < 4.78 is 29.1. The molecule has 1 aromatic carbocycles. The van der Waals surface area contributed by atoms with Gasteiger partial charge in [-0.3, -0.25) is 14.7 Å². The first-order chi connectivity index (χ1) is 19.4. The number of piperazine rings is 1. The van der Waals surface area contributed by atoms with Gasteiger partial charge in [-0.25, -0.2) is 13.6 Å². The molecule has 2 N–H and O–H groups in total. The SMILES string of the molecule is CNC1CCN(C(=O)N2CCN(Cc3c[nH]c4cnccc4c3=O)C3(CCCC3)C2)C(c2cc(F)ccc2F)C1. The van der Waals surface area contributed by atoms with Crippen LogP contribution in [0.1, 0.15) is 55.7 Å². The molecule has 40 heavy (non-hydrogen) atoms. The van der Waals surface area contributed by atoms with E-state index < -0.39 is 17.7 Å². The average Bonchev–Trinajstić information content (AvgIpc) is 3.44. The standard InChI is InChI=1S/C30H36F2N6O2/c1-33-22-7-11-38(27(15-22)24-14-21(31)4-5-25(24)32)29(40)36-12-13-37(30(19-36)8-2-3-9-30)18-20-16-35-26-17-34-10-6-23(26)28(20)39/h4-6,10,14,16-17,22,27,33H,2-3,7-9,11-13,15,18-19H2,1H3,(H,35,39). The Bertz CT molecular complexity index is 1460. The molecule has 2 amide bonds. The number of piperidine rings is 1. The first-order valence-electron chi connectivity index (χ1n) is 14.3. The molecule has 2 aliphatic heterocycles. The number of carbonyl (C=O) groups is 1. The molecule has 6 rings (SSSR count). The third-order valence-electron chi connectivity index (χ3n) is 9.29. The first kappa shape index (κ1) is 26.8. The number of aromatic nitrogens is 2. The number of H-pyrrole nitrogens is 1. The maximum atomic E-state index is 14.9. The largest absolute Gasteiger partial charge is 0.359 e. The number of amides is 2. The summed E-state index contributed by atoms with van der Waals surface area (Å²) in [6, 6.07) is 4.69. The smallest absolute Gasteiger partial charge is 0.320 e. The fourth-order valence-corrected chi connectivity index (χ4v) is 7.07. The van der Waals surface area contributed by atoms with Crippen LogP contribution < -0.4 is 10.7 Å². The van der Waals surface area contributed by atoms with E-state index in [0.717, 1.165) is 44.2 Å². The number of pyridine rings is 2. The molecule has 4 heterocycles. The Kier molecular flexibility index (Phi) is 7.31. The number of rotatable bonds is 4. The van der Waals surface area contributed by atoms with E-state index in [1.165, 1.54) is 6.07 Å². The van der Waals surface area contributed by atoms with Crippen LogP contribution >= 0.6 is 0 Å². The van der Waals surface area contributed by atoms with Crippen molar-refractivity contribution in [3.63, 3.8) is 0 Å². The van der Waals surface area contributed by atoms with Crippen LogP contribution in [-0.4, -0.2) is 75.5 Å². The molecule has 212 valence electrons. The van der Waals surface area contributed by atoms with Crippen molar-refractivity contribution < 1.29 is 13.6 Å². The summed E-state index contributed by atoms with van der Waals surface area (Å²) in [4.78, 5) is 40.7. The number of carbonyl (C=O) groups excluding carboxylic acids is 1. The Balaban J connectivity index is 1.25. The highest BCUT2D eigenvalue weighted by Crippen LogP contribution is 2.40. The van der Waals surface area contributed by atoms with Gasteiger partial charge in [0.2, 0.25) is 0 Å². The van der Waals surface area contributed by atoms with Crippen molar-refractivity contribution in [1.82, 2.24) is 30.0 Å². The number of hydrogen-bond donors (Lipinski definition) is 2. The van der Waals surface area contributed by atoms with Gasteiger partial charge < -0.3 is 20.1 Å². The Morgan fingerprint density at radius 3 is 2.80 bits per heavy atom. The Morgan fingerprint density at radius 2 is 2.00 bits per heavy atom. The van der Waals surface area contributed by atoms with Gasteiger partial charge in [-0.05, 0) is 57.0 Å². The van der Waals surface area contributed by atoms with E-state index in [0.29, 0.717) is 55.6 Å².